The zero-order valence-corrected chi connectivity index (χ0v) is 21.8. The van der Waals surface area contributed by atoms with E-state index in [1.54, 1.807) is 36.4 Å². The number of methoxy groups -OCH3 is 1. The number of rotatable bonds is 8. The van der Waals surface area contributed by atoms with E-state index in [-0.39, 0.29) is 23.6 Å². The van der Waals surface area contributed by atoms with Crippen LogP contribution in [0.15, 0.2) is 72.9 Å². The molecule has 0 aliphatic heterocycles. The number of hydrogen-bond donors (Lipinski definition) is 1. The van der Waals surface area contributed by atoms with Crippen molar-refractivity contribution >= 4 is 17.1 Å². The molecule has 0 unspecified atom stereocenters. The number of aromatic nitrogens is 2. The molecule has 3 aromatic carbocycles. The smallest absolute Gasteiger partial charge is 0.497 e. The van der Waals surface area contributed by atoms with Crippen molar-refractivity contribution in [1.82, 2.24) is 9.61 Å². The molecule has 222 valence electrons. The van der Waals surface area contributed by atoms with Gasteiger partial charge in [-0.2, -0.15) is 0 Å². The van der Waals surface area contributed by atoms with Gasteiger partial charge in [0.1, 0.15) is 29.4 Å². The normalized spacial score (nSPS) is 11.4. The third kappa shape index (κ3) is 6.03. The number of alkyl halides is 3. The minimum atomic E-state index is -5.13. The minimum Gasteiger partial charge on any atom is -0.497 e. The van der Waals surface area contributed by atoms with Gasteiger partial charge in [-0.25, -0.2) is 22.1 Å². The second kappa shape index (κ2) is 11.5. The van der Waals surface area contributed by atoms with Crippen molar-refractivity contribution in [3.8, 4) is 28.5 Å². The van der Waals surface area contributed by atoms with Crippen molar-refractivity contribution in [3.63, 3.8) is 0 Å². The number of hydrogen-bond acceptors (Lipinski definition) is 5. The van der Waals surface area contributed by atoms with E-state index in [1.165, 1.54) is 23.9 Å². The Balaban J connectivity index is 1.48. The molecule has 0 aliphatic rings. The number of amides is 1. The number of benzene rings is 3. The summed E-state index contributed by atoms with van der Waals surface area (Å²) in [4.78, 5) is 13.3. The predicted octanol–water partition coefficient (Wildman–Crippen LogP) is 7.30. The first-order valence-corrected chi connectivity index (χ1v) is 12.2. The average Bonchev–Trinajstić information content (AvgIpc) is 3.35. The molecule has 7 nitrogen and oxygen atoms in total. The Morgan fingerprint density at radius 3 is 2.23 bits per heavy atom. The van der Waals surface area contributed by atoms with Crippen LogP contribution in [0, 0.1) is 23.3 Å². The molecule has 0 saturated heterocycles. The van der Waals surface area contributed by atoms with Gasteiger partial charge in [-0.05, 0) is 47.5 Å². The van der Waals surface area contributed by atoms with Crippen LogP contribution in [0.4, 0.5) is 36.4 Å². The van der Waals surface area contributed by atoms with Gasteiger partial charge in [0.25, 0.3) is 5.91 Å². The molecule has 0 spiro atoms. The topological polar surface area (TPSA) is 74.1 Å². The Morgan fingerprint density at radius 1 is 0.884 bits per heavy atom. The average molecular weight is 605 g/mol. The second-order valence-electron chi connectivity index (χ2n) is 8.88. The largest absolute Gasteiger partial charge is 0.573 e. The Morgan fingerprint density at radius 2 is 1.58 bits per heavy atom. The lowest BCUT2D eigenvalue weighted by molar-refractivity contribution is -0.274. The van der Waals surface area contributed by atoms with Crippen LogP contribution < -0.4 is 19.5 Å². The lowest BCUT2D eigenvalue weighted by atomic mass is 10.0. The molecule has 5 aromatic rings. The summed E-state index contributed by atoms with van der Waals surface area (Å²) in [5, 5.41) is 6.01. The zero-order chi connectivity index (χ0) is 30.9. The Kier molecular flexibility index (Phi) is 7.85. The number of nitrogens with zero attached hydrogens (tertiary/aromatic N) is 2. The highest BCUT2D eigenvalue weighted by molar-refractivity contribution is 6.11. The van der Waals surface area contributed by atoms with Crippen LogP contribution in [0.25, 0.3) is 16.6 Å². The van der Waals surface area contributed by atoms with Gasteiger partial charge in [0, 0.05) is 6.20 Å². The third-order valence-corrected chi connectivity index (χ3v) is 6.13. The fourth-order valence-corrected chi connectivity index (χ4v) is 4.18. The quantitative estimate of drug-likeness (QED) is 0.149. The van der Waals surface area contributed by atoms with Crippen LogP contribution in [0.1, 0.15) is 15.9 Å². The van der Waals surface area contributed by atoms with Gasteiger partial charge in [0.05, 0.1) is 18.2 Å². The molecule has 0 atom stereocenters. The minimum absolute atomic E-state index is 0.0774. The molecule has 1 amide bonds. The monoisotopic (exact) mass is 605 g/mol. The standard InChI is InChI=1S/C29H18F7N3O4/c1-41-17-10-8-15(9-11-17)14-42-28-21(19-7-2-3-12-39(19)38-28)27(40)37-26-24(32)22(30)20(23(31)25(26)33)16-5-4-6-18(13-16)43-29(34,35)36/h2-13H,14H2,1H3,(H,37,40). The lowest BCUT2D eigenvalue weighted by Crippen LogP contribution is -2.18. The van der Waals surface area contributed by atoms with Crippen LogP contribution in [-0.4, -0.2) is 29.0 Å². The molecule has 14 heteroatoms. The molecular formula is C29H18F7N3O4. The maximum atomic E-state index is 15.1. The first-order chi connectivity index (χ1) is 20.5. The number of carbonyl (C=O) groups excluding carboxylic acids is 1. The molecule has 5 rings (SSSR count). The molecule has 0 bridgehead atoms. The van der Waals surface area contributed by atoms with E-state index in [0.717, 1.165) is 18.2 Å². The molecule has 2 heterocycles. The fourth-order valence-electron chi connectivity index (χ4n) is 4.18. The molecule has 0 aliphatic carbocycles. The van der Waals surface area contributed by atoms with Gasteiger partial charge in [0.15, 0.2) is 23.3 Å². The van der Waals surface area contributed by atoms with E-state index >= 15 is 17.6 Å². The Labute approximate surface area is 238 Å². The number of ether oxygens (including phenoxy) is 3. The van der Waals surface area contributed by atoms with Crippen molar-refractivity contribution in [3.05, 3.63) is 107 Å². The Hall–Kier alpha value is -5.27. The van der Waals surface area contributed by atoms with Crippen molar-refractivity contribution in [2.24, 2.45) is 0 Å². The van der Waals surface area contributed by atoms with E-state index in [0.29, 0.717) is 17.4 Å². The van der Waals surface area contributed by atoms with Gasteiger partial charge in [-0.1, -0.05) is 30.3 Å². The number of halogens is 7. The maximum Gasteiger partial charge on any atom is 0.573 e. The lowest BCUT2D eigenvalue weighted by Gasteiger charge is -2.14. The highest BCUT2D eigenvalue weighted by atomic mass is 19.4. The summed E-state index contributed by atoms with van der Waals surface area (Å²) in [7, 11) is 1.50. The van der Waals surface area contributed by atoms with E-state index in [4.69, 9.17) is 9.47 Å². The van der Waals surface area contributed by atoms with Gasteiger partial charge >= 0.3 is 6.36 Å². The highest BCUT2D eigenvalue weighted by Gasteiger charge is 2.33. The van der Waals surface area contributed by atoms with E-state index in [1.807, 2.05) is 5.32 Å². The van der Waals surface area contributed by atoms with Crippen LogP contribution >= 0.6 is 0 Å². The third-order valence-electron chi connectivity index (χ3n) is 6.13. The first-order valence-electron chi connectivity index (χ1n) is 12.2. The zero-order valence-electron chi connectivity index (χ0n) is 21.8. The van der Waals surface area contributed by atoms with Gasteiger partial charge in [-0.3, -0.25) is 4.79 Å². The summed E-state index contributed by atoms with van der Waals surface area (Å²) in [6, 6.07) is 14.6. The summed E-state index contributed by atoms with van der Waals surface area (Å²) in [5.41, 5.74) is -2.92. The number of fused-ring (bicyclic) bond motifs is 1. The van der Waals surface area contributed by atoms with Crippen molar-refractivity contribution in [2.45, 2.75) is 13.0 Å². The van der Waals surface area contributed by atoms with Crippen LogP contribution in [0.3, 0.4) is 0 Å². The summed E-state index contributed by atoms with van der Waals surface area (Å²) in [5.74, 6) is -9.67. The number of nitrogens with one attached hydrogen (secondary N) is 1. The summed E-state index contributed by atoms with van der Waals surface area (Å²) in [6.45, 7) is -0.0774. The molecule has 2 aromatic heterocycles. The van der Waals surface area contributed by atoms with Gasteiger partial charge in [-0.15, -0.1) is 18.3 Å². The molecule has 43 heavy (non-hydrogen) atoms. The van der Waals surface area contributed by atoms with Crippen LogP contribution in [0.2, 0.25) is 0 Å². The first kappa shape index (κ1) is 29.2. The summed E-state index contributed by atoms with van der Waals surface area (Å²) < 4.78 is 114. The Bertz CT molecular complexity index is 1790. The van der Waals surface area contributed by atoms with E-state index in [2.05, 4.69) is 9.84 Å². The highest BCUT2D eigenvalue weighted by Crippen LogP contribution is 2.37. The van der Waals surface area contributed by atoms with Crippen molar-refractivity contribution < 1.29 is 49.7 Å². The van der Waals surface area contributed by atoms with E-state index in [9.17, 15) is 18.0 Å². The van der Waals surface area contributed by atoms with Crippen molar-refractivity contribution in [1.29, 1.82) is 0 Å². The summed E-state index contributed by atoms with van der Waals surface area (Å²) in [6.07, 6.45) is -3.66. The summed E-state index contributed by atoms with van der Waals surface area (Å²) >= 11 is 0. The van der Waals surface area contributed by atoms with Crippen LogP contribution in [-0.2, 0) is 6.61 Å². The number of pyridine rings is 1. The molecule has 0 fully saturated rings. The molecule has 0 saturated carbocycles. The fraction of sp³-hybridized carbons (Fsp3) is 0.103. The number of anilines is 1. The van der Waals surface area contributed by atoms with Gasteiger partial charge in [0.2, 0.25) is 5.88 Å². The van der Waals surface area contributed by atoms with E-state index < -0.39 is 58.1 Å². The molecular weight excluding hydrogens is 587 g/mol. The molecule has 0 radical (unpaired) electrons. The second-order valence-corrected chi connectivity index (χ2v) is 8.88. The maximum absolute atomic E-state index is 15.1. The van der Waals surface area contributed by atoms with Crippen LogP contribution in [0.5, 0.6) is 17.4 Å². The number of carbonyl (C=O) groups is 1. The van der Waals surface area contributed by atoms with Crippen molar-refractivity contribution in [2.75, 3.05) is 12.4 Å². The SMILES string of the molecule is COc1ccc(COc2nn3ccccc3c2C(=O)Nc2c(F)c(F)c(-c3cccc(OC(F)(F)F)c3)c(F)c2F)cc1. The van der Waals surface area contributed by atoms with Gasteiger partial charge < -0.3 is 19.5 Å². The molecule has 1 N–H and O–H groups in total. The predicted molar refractivity (Wildman–Crippen MR) is 139 cm³/mol.